The standard InChI is InChI=1S/C8H9ClO2/c1-5(2)7(10)6-3-4-11-8(6)9/h3-5H,1-2H3. The van der Waals surface area contributed by atoms with Crippen LogP contribution < -0.4 is 0 Å². The molecule has 2 nitrogen and oxygen atoms in total. The van der Waals surface area contributed by atoms with E-state index >= 15 is 0 Å². The Morgan fingerprint density at radius 2 is 2.27 bits per heavy atom. The minimum atomic E-state index is -0.0369. The van der Waals surface area contributed by atoms with Crippen molar-refractivity contribution in [1.82, 2.24) is 0 Å². The van der Waals surface area contributed by atoms with Crippen molar-refractivity contribution < 1.29 is 9.21 Å². The van der Waals surface area contributed by atoms with Gasteiger partial charge >= 0.3 is 0 Å². The summed E-state index contributed by atoms with van der Waals surface area (Å²) in [4.78, 5) is 11.3. The lowest BCUT2D eigenvalue weighted by Crippen LogP contribution is -2.06. The second-order valence-electron chi connectivity index (χ2n) is 2.63. The number of hydrogen-bond donors (Lipinski definition) is 0. The number of carbonyl (C=O) groups is 1. The van der Waals surface area contributed by atoms with Crippen LogP contribution in [0.2, 0.25) is 5.22 Å². The van der Waals surface area contributed by atoms with Crippen molar-refractivity contribution in [2.45, 2.75) is 13.8 Å². The van der Waals surface area contributed by atoms with Crippen molar-refractivity contribution in [2.24, 2.45) is 5.92 Å². The molecule has 60 valence electrons. The van der Waals surface area contributed by atoms with Crippen molar-refractivity contribution in [3.8, 4) is 0 Å². The molecule has 0 bridgehead atoms. The highest BCUT2D eigenvalue weighted by atomic mass is 35.5. The predicted octanol–water partition coefficient (Wildman–Crippen LogP) is 2.77. The highest BCUT2D eigenvalue weighted by molar-refractivity contribution is 6.32. The summed E-state index contributed by atoms with van der Waals surface area (Å²) in [7, 11) is 0. The van der Waals surface area contributed by atoms with Crippen LogP contribution in [0.15, 0.2) is 16.7 Å². The number of halogens is 1. The maximum absolute atomic E-state index is 11.3. The fourth-order valence-electron chi connectivity index (χ4n) is 0.781. The number of furan rings is 1. The highest BCUT2D eigenvalue weighted by Gasteiger charge is 2.15. The molecule has 0 aliphatic rings. The van der Waals surface area contributed by atoms with E-state index in [0.717, 1.165) is 0 Å². The third-order valence-electron chi connectivity index (χ3n) is 1.41. The van der Waals surface area contributed by atoms with Crippen LogP contribution in [0.25, 0.3) is 0 Å². The number of hydrogen-bond acceptors (Lipinski definition) is 2. The maximum Gasteiger partial charge on any atom is 0.203 e. The van der Waals surface area contributed by atoms with Gasteiger partial charge in [0.05, 0.1) is 11.8 Å². The summed E-state index contributed by atoms with van der Waals surface area (Å²) in [6.45, 7) is 3.65. The lowest BCUT2D eigenvalue weighted by atomic mass is 10.0. The van der Waals surface area contributed by atoms with E-state index < -0.39 is 0 Å². The second kappa shape index (κ2) is 3.09. The lowest BCUT2D eigenvalue weighted by Gasteiger charge is -1.99. The van der Waals surface area contributed by atoms with Crippen LogP contribution in [-0.2, 0) is 0 Å². The fraction of sp³-hybridized carbons (Fsp3) is 0.375. The van der Waals surface area contributed by atoms with Gasteiger partial charge in [-0.15, -0.1) is 0 Å². The predicted molar refractivity (Wildman–Crippen MR) is 42.9 cm³/mol. The molecule has 0 spiro atoms. The van der Waals surface area contributed by atoms with Crippen molar-refractivity contribution in [1.29, 1.82) is 0 Å². The van der Waals surface area contributed by atoms with E-state index in [1.807, 2.05) is 13.8 Å². The van der Waals surface area contributed by atoms with Gasteiger partial charge in [0.1, 0.15) is 0 Å². The molecule has 0 saturated heterocycles. The van der Waals surface area contributed by atoms with Gasteiger partial charge in [-0.05, 0) is 17.7 Å². The normalized spacial score (nSPS) is 10.5. The Hall–Kier alpha value is -0.760. The molecule has 0 aliphatic heterocycles. The van der Waals surface area contributed by atoms with E-state index in [4.69, 9.17) is 16.0 Å². The fourth-order valence-corrected chi connectivity index (χ4v) is 0.988. The average Bonchev–Trinajstić information content (AvgIpc) is 2.33. The van der Waals surface area contributed by atoms with Gasteiger partial charge in [0.25, 0.3) is 0 Å². The average molecular weight is 173 g/mol. The first-order valence-electron chi connectivity index (χ1n) is 3.40. The Balaban J connectivity index is 2.93. The van der Waals surface area contributed by atoms with E-state index in [1.165, 1.54) is 6.26 Å². The van der Waals surface area contributed by atoms with Gasteiger partial charge in [0.2, 0.25) is 5.22 Å². The van der Waals surface area contributed by atoms with E-state index in [9.17, 15) is 4.79 Å². The van der Waals surface area contributed by atoms with Crippen LogP contribution in [0, 0.1) is 5.92 Å². The van der Waals surface area contributed by atoms with Crippen molar-refractivity contribution in [3.05, 3.63) is 23.1 Å². The Morgan fingerprint density at radius 1 is 1.64 bits per heavy atom. The Bertz CT molecular complexity index is 263. The molecule has 1 rings (SSSR count). The molecular weight excluding hydrogens is 164 g/mol. The molecule has 0 N–H and O–H groups in total. The molecular formula is C8H9ClO2. The Morgan fingerprint density at radius 3 is 2.64 bits per heavy atom. The molecule has 1 heterocycles. The molecule has 11 heavy (non-hydrogen) atoms. The Kier molecular flexibility index (Phi) is 2.35. The van der Waals surface area contributed by atoms with Gasteiger partial charge in [-0.25, -0.2) is 0 Å². The molecule has 0 fully saturated rings. The summed E-state index contributed by atoms with van der Waals surface area (Å²) in [5.74, 6) is -0.0196. The van der Waals surface area contributed by atoms with Crippen LogP contribution in [0.1, 0.15) is 24.2 Å². The molecule has 0 aliphatic carbocycles. The zero-order valence-corrected chi connectivity index (χ0v) is 7.18. The summed E-state index contributed by atoms with van der Waals surface area (Å²) in [6.07, 6.45) is 1.41. The minimum Gasteiger partial charge on any atom is -0.452 e. The molecule has 1 aromatic heterocycles. The van der Waals surface area contributed by atoms with Gasteiger partial charge in [0, 0.05) is 5.92 Å². The summed E-state index contributed by atoms with van der Waals surface area (Å²) >= 11 is 5.59. The van der Waals surface area contributed by atoms with Crippen molar-refractivity contribution >= 4 is 17.4 Å². The van der Waals surface area contributed by atoms with E-state index in [2.05, 4.69) is 0 Å². The molecule has 0 radical (unpaired) electrons. The first kappa shape index (κ1) is 8.34. The zero-order chi connectivity index (χ0) is 8.43. The Labute approximate surface area is 70.2 Å². The van der Waals surface area contributed by atoms with Gasteiger partial charge in [-0.3, -0.25) is 4.79 Å². The quantitative estimate of drug-likeness (QED) is 0.643. The van der Waals surface area contributed by atoms with Crippen molar-refractivity contribution in [3.63, 3.8) is 0 Å². The van der Waals surface area contributed by atoms with Crippen molar-refractivity contribution in [2.75, 3.05) is 0 Å². The zero-order valence-electron chi connectivity index (χ0n) is 6.43. The monoisotopic (exact) mass is 172 g/mol. The third kappa shape index (κ3) is 1.63. The minimum absolute atomic E-state index is 0.0174. The molecule has 0 atom stereocenters. The summed E-state index contributed by atoms with van der Waals surface area (Å²) in [5, 5.41) is 0.184. The first-order chi connectivity index (χ1) is 5.13. The summed E-state index contributed by atoms with van der Waals surface area (Å²) < 4.78 is 4.78. The lowest BCUT2D eigenvalue weighted by molar-refractivity contribution is 0.0939. The second-order valence-corrected chi connectivity index (χ2v) is 2.97. The maximum atomic E-state index is 11.3. The summed E-state index contributed by atoms with van der Waals surface area (Å²) in [5.41, 5.74) is 0.474. The molecule has 0 aromatic carbocycles. The number of rotatable bonds is 2. The molecule has 1 aromatic rings. The van der Waals surface area contributed by atoms with Gasteiger partial charge in [-0.2, -0.15) is 0 Å². The number of Topliss-reactive ketones (excluding diaryl/α,β-unsaturated/α-hetero) is 1. The van der Waals surface area contributed by atoms with E-state index in [1.54, 1.807) is 6.07 Å². The van der Waals surface area contributed by atoms with Gasteiger partial charge in [0.15, 0.2) is 5.78 Å². The van der Waals surface area contributed by atoms with Gasteiger partial charge < -0.3 is 4.42 Å². The molecule has 3 heteroatoms. The topological polar surface area (TPSA) is 30.2 Å². The van der Waals surface area contributed by atoms with Gasteiger partial charge in [-0.1, -0.05) is 13.8 Å². The van der Waals surface area contributed by atoms with Crippen LogP contribution in [-0.4, -0.2) is 5.78 Å². The molecule has 0 amide bonds. The van der Waals surface area contributed by atoms with Crippen LogP contribution in [0.3, 0.4) is 0 Å². The molecule has 0 unspecified atom stereocenters. The molecule has 0 saturated carbocycles. The third-order valence-corrected chi connectivity index (χ3v) is 1.70. The van der Waals surface area contributed by atoms with E-state index in [0.29, 0.717) is 5.56 Å². The van der Waals surface area contributed by atoms with Crippen LogP contribution in [0.5, 0.6) is 0 Å². The van der Waals surface area contributed by atoms with Crippen LogP contribution in [0.4, 0.5) is 0 Å². The number of ketones is 1. The first-order valence-corrected chi connectivity index (χ1v) is 3.78. The smallest absolute Gasteiger partial charge is 0.203 e. The highest BCUT2D eigenvalue weighted by Crippen LogP contribution is 2.19. The summed E-state index contributed by atoms with van der Waals surface area (Å²) in [6, 6.07) is 1.59. The largest absolute Gasteiger partial charge is 0.452 e. The SMILES string of the molecule is CC(C)C(=O)c1ccoc1Cl. The van der Waals surface area contributed by atoms with E-state index in [-0.39, 0.29) is 16.9 Å². The number of carbonyl (C=O) groups excluding carboxylic acids is 1. The van der Waals surface area contributed by atoms with Crippen LogP contribution >= 0.6 is 11.6 Å².